The Morgan fingerprint density at radius 2 is 1.44 bits per heavy atom. The maximum Gasteiger partial charge on any atom is 0.261 e. The first-order chi connectivity index (χ1) is 21.9. The summed E-state index contributed by atoms with van der Waals surface area (Å²) in [6.07, 6.45) is 3.96. The molecule has 2 N–H and O–H groups in total. The van der Waals surface area contributed by atoms with Crippen molar-refractivity contribution in [2.24, 2.45) is 5.92 Å². The Balaban J connectivity index is 1.69. The second kappa shape index (κ2) is 11.3. The number of aromatic nitrogens is 1. The van der Waals surface area contributed by atoms with Crippen molar-refractivity contribution in [3.63, 3.8) is 0 Å². The minimum atomic E-state index is -0.283. The molecule has 1 atom stereocenters. The average molecular weight is 592 g/mol. The standard InChI is InChI=1S/C39H33N3O3/c1-3-5-8-23(4-2)22-42-38(43)31-19-29(25-13-11-24(21-40)12-14-25)34-28-9-6-7-10-33(28)45-37-30(26-15-17-27(41)18-16-26)20-32(39(42)44)35(31)36(34)37/h6-7,9-20,23H,3-5,8,22,41H2,1-2H3. The number of anilines is 1. The first kappa shape index (κ1) is 28.4. The predicted octanol–water partition coefficient (Wildman–Crippen LogP) is 8.86. The van der Waals surface area contributed by atoms with Gasteiger partial charge in [-0.15, -0.1) is 0 Å². The van der Waals surface area contributed by atoms with Crippen LogP contribution in [0, 0.1) is 17.2 Å². The normalized spacial score (nSPS) is 12.4. The number of hydrogen-bond donors (Lipinski definition) is 1. The highest BCUT2D eigenvalue weighted by atomic mass is 16.3. The Kier molecular flexibility index (Phi) is 7.10. The van der Waals surface area contributed by atoms with Gasteiger partial charge in [0, 0.05) is 50.1 Å². The van der Waals surface area contributed by atoms with Crippen LogP contribution in [0.15, 0.2) is 98.9 Å². The van der Waals surface area contributed by atoms with Crippen LogP contribution in [0.1, 0.15) is 45.1 Å². The lowest BCUT2D eigenvalue weighted by atomic mass is 9.87. The number of fused-ring (bicyclic) bond motifs is 2. The first-order valence-corrected chi connectivity index (χ1v) is 15.6. The Morgan fingerprint density at radius 1 is 0.800 bits per heavy atom. The summed E-state index contributed by atoms with van der Waals surface area (Å²) in [5.74, 6) is 0.220. The quantitative estimate of drug-likeness (QED) is 0.108. The molecule has 1 unspecified atom stereocenters. The van der Waals surface area contributed by atoms with Crippen molar-refractivity contribution in [2.45, 2.75) is 46.1 Å². The van der Waals surface area contributed by atoms with Crippen LogP contribution in [0.5, 0.6) is 0 Å². The van der Waals surface area contributed by atoms with E-state index in [0.717, 1.165) is 64.1 Å². The molecule has 7 aromatic rings. The molecule has 7 rings (SSSR count). The second-order valence-electron chi connectivity index (χ2n) is 11.9. The number of benzene rings is 5. The first-order valence-electron chi connectivity index (χ1n) is 15.6. The average Bonchev–Trinajstić information content (AvgIpc) is 3.08. The molecule has 45 heavy (non-hydrogen) atoms. The van der Waals surface area contributed by atoms with Gasteiger partial charge in [-0.2, -0.15) is 5.26 Å². The molecule has 0 aliphatic carbocycles. The van der Waals surface area contributed by atoms with E-state index in [-0.39, 0.29) is 17.0 Å². The zero-order valence-electron chi connectivity index (χ0n) is 25.4. The Labute approximate surface area is 260 Å². The van der Waals surface area contributed by atoms with Gasteiger partial charge in [-0.3, -0.25) is 14.2 Å². The number of nitrogens with zero attached hydrogens (tertiary/aromatic N) is 2. The lowest BCUT2D eigenvalue weighted by molar-refractivity contribution is 0.382. The lowest BCUT2D eigenvalue weighted by Crippen LogP contribution is -2.35. The van der Waals surface area contributed by atoms with E-state index < -0.39 is 0 Å². The predicted molar refractivity (Wildman–Crippen MR) is 184 cm³/mol. The summed E-state index contributed by atoms with van der Waals surface area (Å²) in [4.78, 5) is 28.8. The van der Waals surface area contributed by atoms with E-state index in [1.807, 2.05) is 72.8 Å². The van der Waals surface area contributed by atoms with Crippen molar-refractivity contribution in [1.29, 1.82) is 5.26 Å². The molecule has 222 valence electrons. The molecular formula is C39H33N3O3. The van der Waals surface area contributed by atoms with E-state index in [9.17, 15) is 14.9 Å². The molecule has 0 bridgehead atoms. The van der Waals surface area contributed by atoms with Gasteiger partial charge < -0.3 is 10.2 Å². The monoisotopic (exact) mass is 591 g/mol. The van der Waals surface area contributed by atoms with Crippen molar-refractivity contribution in [3.8, 4) is 28.3 Å². The van der Waals surface area contributed by atoms with Crippen LogP contribution in [0.4, 0.5) is 5.69 Å². The van der Waals surface area contributed by atoms with Crippen molar-refractivity contribution >= 4 is 49.2 Å². The topological polar surface area (TPSA) is 102 Å². The molecule has 0 radical (unpaired) electrons. The smallest absolute Gasteiger partial charge is 0.261 e. The van der Waals surface area contributed by atoms with Gasteiger partial charge in [0.15, 0.2) is 0 Å². The van der Waals surface area contributed by atoms with E-state index in [4.69, 9.17) is 10.2 Å². The molecule has 6 heteroatoms. The molecule has 0 amide bonds. The van der Waals surface area contributed by atoms with Gasteiger partial charge in [-0.1, -0.05) is 75.6 Å². The van der Waals surface area contributed by atoms with E-state index in [2.05, 4.69) is 19.9 Å². The van der Waals surface area contributed by atoms with Crippen LogP contribution < -0.4 is 16.9 Å². The Bertz CT molecular complexity index is 2380. The number of para-hydroxylation sites is 1. The number of nitriles is 1. The summed E-state index contributed by atoms with van der Waals surface area (Å²) in [5.41, 5.74) is 11.3. The summed E-state index contributed by atoms with van der Waals surface area (Å²) in [6.45, 7) is 4.65. The second-order valence-corrected chi connectivity index (χ2v) is 11.9. The third-order valence-corrected chi connectivity index (χ3v) is 9.21. The number of unbranched alkanes of at least 4 members (excludes halogenated alkanes) is 1. The van der Waals surface area contributed by atoms with Crippen molar-refractivity contribution < 1.29 is 4.42 Å². The summed E-state index contributed by atoms with van der Waals surface area (Å²) in [5, 5.41) is 13.6. The number of nitrogens with two attached hydrogens (primary N) is 1. The molecular weight excluding hydrogens is 558 g/mol. The summed E-state index contributed by atoms with van der Waals surface area (Å²) in [6, 6.07) is 28.8. The molecule has 0 saturated carbocycles. The third-order valence-electron chi connectivity index (χ3n) is 9.21. The van der Waals surface area contributed by atoms with Gasteiger partial charge >= 0.3 is 0 Å². The fourth-order valence-corrected chi connectivity index (χ4v) is 6.76. The molecule has 5 aromatic carbocycles. The summed E-state index contributed by atoms with van der Waals surface area (Å²) < 4.78 is 8.14. The third kappa shape index (κ3) is 4.63. The highest BCUT2D eigenvalue weighted by molar-refractivity contribution is 6.32. The van der Waals surface area contributed by atoms with E-state index in [0.29, 0.717) is 45.1 Å². The van der Waals surface area contributed by atoms with E-state index >= 15 is 0 Å². The van der Waals surface area contributed by atoms with Gasteiger partial charge in [0.25, 0.3) is 11.1 Å². The van der Waals surface area contributed by atoms with Gasteiger partial charge in [0.2, 0.25) is 0 Å². The molecule has 0 aliphatic rings. The van der Waals surface area contributed by atoms with Crippen LogP contribution in [0.25, 0.3) is 65.7 Å². The molecule has 2 aromatic heterocycles. The van der Waals surface area contributed by atoms with E-state index in [1.54, 1.807) is 12.1 Å². The maximum atomic E-state index is 14.4. The molecule has 0 saturated heterocycles. The van der Waals surface area contributed by atoms with Crippen molar-refractivity contribution in [1.82, 2.24) is 4.57 Å². The fraction of sp³-hybridized carbons (Fsp3) is 0.205. The zero-order chi connectivity index (χ0) is 31.2. The zero-order valence-corrected chi connectivity index (χ0v) is 25.4. The van der Waals surface area contributed by atoms with Crippen LogP contribution in [0.3, 0.4) is 0 Å². The van der Waals surface area contributed by atoms with Gasteiger partial charge in [0.05, 0.1) is 11.6 Å². The van der Waals surface area contributed by atoms with Crippen LogP contribution in [-0.4, -0.2) is 4.57 Å². The van der Waals surface area contributed by atoms with Gasteiger partial charge in [-0.05, 0) is 71.5 Å². The van der Waals surface area contributed by atoms with Crippen molar-refractivity contribution in [3.05, 3.63) is 111 Å². The Morgan fingerprint density at radius 3 is 2.11 bits per heavy atom. The number of pyridine rings is 1. The Hall–Kier alpha value is -5.41. The molecule has 0 aliphatic heterocycles. The number of nitrogen functional groups attached to an aromatic ring is 1. The number of hydrogen-bond acceptors (Lipinski definition) is 5. The lowest BCUT2D eigenvalue weighted by Gasteiger charge is -2.21. The van der Waals surface area contributed by atoms with Crippen molar-refractivity contribution in [2.75, 3.05) is 5.73 Å². The van der Waals surface area contributed by atoms with Gasteiger partial charge in [0.1, 0.15) is 11.2 Å². The minimum Gasteiger partial charge on any atom is -0.455 e. The SMILES string of the molecule is CCCCC(CC)Cn1c(=O)c2cc(-c3ccc(N)cc3)c3oc4ccccc4c4c(-c5ccc(C#N)cc5)cc(c1=O)c2c34. The van der Waals surface area contributed by atoms with Gasteiger partial charge in [-0.25, -0.2) is 0 Å². The van der Waals surface area contributed by atoms with Crippen LogP contribution in [0.2, 0.25) is 0 Å². The van der Waals surface area contributed by atoms with Crippen LogP contribution >= 0.6 is 0 Å². The minimum absolute atomic E-state index is 0.220. The molecule has 2 heterocycles. The largest absolute Gasteiger partial charge is 0.455 e. The molecule has 0 fully saturated rings. The fourth-order valence-electron chi connectivity index (χ4n) is 6.76. The molecule has 0 spiro atoms. The summed E-state index contributed by atoms with van der Waals surface area (Å²) in [7, 11) is 0. The number of rotatable bonds is 8. The summed E-state index contributed by atoms with van der Waals surface area (Å²) >= 11 is 0. The van der Waals surface area contributed by atoms with Crippen LogP contribution in [-0.2, 0) is 6.54 Å². The highest BCUT2D eigenvalue weighted by Gasteiger charge is 2.25. The molecule has 6 nitrogen and oxygen atoms in total. The van der Waals surface area contributed by atoms with E-state index in [1.165, 1.54) is 4.57 Å². The maximum absolute atomic E-state index is 14.4. The highest BCUT2D eigenvalue weighted by Crippen LogP contribution is 2.46.